The molecule has 0 saturated carbocycles. The maximum absolute atomic E-state index is 13.7. The second-order valence-electron chi connectivity index (χ2n) is 6.48. The van der Waals surface area contributed by atoms with Gasteiger partial charge in [0, 0.05) is 0 Å². The number of hydrogen-bond acceptors (Lipinski definition) is 6. The van der Waals surface area contributed by atoms with Crippen molar-refractivity contribution in [3.05, 3.63) is 82.0 Å². The monoisotopic (exact) mass is 425 g/mol. The summed E-state index contributed by atoms with van der Waals surface area (Å²) in [5.41, 5.74) is 0.588. The molecule has 160 valence electrons. The minimum atomic E-state index is -0.812. The molecule has 0 aliphatic rings. The molecule has 0 saturated heterocycles. The van der Waals surface area contributed by atoms with Crippen molar-refractivity contribution in [1.29, 1.82) is 0 Å². The predicted octanol–water partition coefficient (Wildman–Crippen LogP) is 2.87. The molecule has 0 radical (unpaired) electrons. The molecule has 1 N–H and O–H groups in total. The first-order valence-corrected chi connectivity index (χ1v) is 9.44. The fourth-order valence-electron chi connectivity index (χ4n) is 2.65. The van der Waals surface area contributed by atoms with Crippen molar-refractivity contribution in [2.45, 2.75) is 13.8 Å². The van der Waals surface area contributed by atoms with E-state index in [9.17, 15) is 18.8 Å². The molecule has 0 bridgehead atoms. The van der Waals surface area contributed by atoms with Gasteiger partial charge in [0.05, 0.1) is 24.0 Å². The first kappa shape index (κ1) is 21.7. The summed E-state index contributed by atoms with van der Waals surface area (Å²) in [5, 5.41) is 6.43. The van der Waals surface area contributed by atoms with E-state index in [0.29, 0.717) is 5.69 Å². The number of halogens is 1. The number of para-hydroxylation sites is 1. The number of carbonyl (C=O) groups excluding carboxylic acids is 2. The fraction of sp³-hybridized carbons (Fsp3) is 0.182. The summed E-state index contributed by atoms with van der Waals surface area (Å²) in [4.78, 5) is 37.0. The normalized spacial score (nSPS) is 10.4. The van der Waals surface area contributed by atoms with Gasteiger partial charge in [-0.2, -0.15) is 9.78 Å². The lowest BCUT2D eigenvalue weighted by Gasteiger charge is -2.13. The molecule has 0 fully saturated rings. The van der Waals surface area contributed by atoms with E-state index in [1.807, 2.05) is 6.92 Å². The Morgan fingerprint density at radius 3 is 2.52 bits per heavy atom. The van der Waals surface area contributed by atoms with Crippen molar-refractivity contribution in [1.82, 2.24) is 9.78 Å². The highest BCUT2D eigenvalue weighted by atomic mass is 19.1. The van der Waals surface area contributed by atoms with Gasteiger partial charge in [-0.3, -0.25) is 9.59 Å². The van der Waals surface area contributed by atoms with Crippen LogP contribution >= 0.6 is 0 Å². The fourth-order valence-corrected chi connectivity index (χ4v) is 2.65. The van der Waals surface area contributed by atoms with Crippen molar-refractivity contribution in [2.24, 2.45) is 0 Å². The van der Waals surface area contributed by atoms with Crippen LogP contribution in [0, 0.1) is 12.7 Å². The highest BCUT2D eigenvalue weighted by Gasteiger charge is 2.21. The zero-order valence-corrected chi connectivity index (χ0v) is 16.9. The van der Waals surface area contributed by atoms with Crippen LogP contribution in [0.2, 0.25) is 0 Å². The Morgan fingerprint density at radius 1 is 1.13 bits per heavy atom. The Morgan fingerprint density at radius 2 is 1.84 bits per heavy atom. The number of rotatable bonds is 7. The van der Waals surface area contributed by atoms with Crippen LogP contribution in [0.1, 0.15) is 23.0 Å². The summed E-state index contributed by atoms with van der Waals surface area (Å²) in [7, 11) is 0. The van der Waals surface area contributed by atoms with Crippen molar-refractivity contribution >= 4 is 17.6 Å². The molecule has 1 amide bonds. The van der Waals surface area contributed by atoms with Crippen molar-refractivity contribution in [3.8, 4) is 11.4 Å². The van der Waals surface area contributed by atoms with Gasteiger partial charge in [0.15, 0.2) is 12.4 Å². The molecule has 0 aliphatic carbocycles. The van der Waals surface area contributed by atoms with Crippen LogP contribution in [0.4, 0.5) is 10.1 Å². The number of amides is 1. The highest BCUT2D eigenvalue weighted by molar-refractivity contribution is 5.93. The summed E-state index contributed by atoms with van der Waals surface area (Å²) in [6.45, 7) is 3.03. The number of hydrogen-bond donors (Lipinski definition) is 1. The van der Waals surface area contributed by atoms with Gasteiger partial charge in [-0.15, -0.1) is 0 Å². The molecular weight excluding hydrogens is 405 g/mol. The Balaban J connectivity index is 1.86. The summed E-state index contributed by atoms with van der Waals surface area (Å²) in [6, 6.07) is 13.6. The number of ether oxygens (including phenoxy) is 2. The van der Waals surface area contributed by atoms with Crippen LogP contribution in [0.5, 0.6) is 5.75 Å². The second-order valence-corrected chi connectivity index (χ2v) is 6.48. The Bertz CT molecular complexity index is 1160. The quantitative estimate of drug-likeness (QED) is 0.585. The Hall–Kier alpha value is -4.01. The molecule has 0 spiro atoms. The molecule has 1 aromatic heterocycles. The average Bonchev–Trinajstić information content (AvgIpc) is 2.75. The van der Waals surface area contributed by atoms with Crippen molar-refractivity contribution in [2.75, 3.05) is 18.5 Å². The number of carbonyl (C=O) groups is 2. The minimum Gasteiger partial charge on any atom is -0.481 e. The number of nitrogens with one attached hydrogen (secondary N) is 1. The van der Waals surface area contributed by atoms with Crippen LogP contribution in [-0.2, 0) is 9.53 Å². The van der Waals surface area contributed by atoms with Gasteiger partial charge in [-0.25, -0.2) is 9.18 Å². The van der Waals surface area contributed by atoms with Crippen molar-refractivity contribution in [3.63, 3.8) is 0 Å². The predicted molar refractivity (Wildman–Crippen MR) is 111 cm³/mol. The number of anilines is 1. The first-order chi connectivity index (χ1) is 14.9. The third-order valence-electron chi connectivity index (χ3n) is 4.15. The molecule has 0 atom stereocenters. The zero-order valence-electron chi connectivity index (χ0n) is 16.9. The lowest BCUT2D eigenvalue weighted by Crippen LogP contribution is -2.27. The van der Waals surface area contributed by atoms with Crippen LogP contribution in [0.25, 0.3) is 5.69 Å². The van der Waals surface area contributed by atoms with Gasteiger partial charge in [0.2, 0.25) is 5.69 Å². The van der Waals surface area contributed by atoms with Gasteiger partial charge in [-0.1, -0.05) is 29.8 Å². The third-order valence-corrected chi connectivity index (χ3v) is 4.15. The van der Waals surface area contributed by atoms with Gasteiger partial charge < -0.3 is 14.8 Å². The van der Waals surface area contributed by atoms with E-state index in [1.165, 1.54) is 18.2 Å². The largest absolute Gasteiger partial charge is 0.481 e. The van der Waals surface area contributed by atoms with E-state index in [4.69, 9.17) is 9.47 Å². The maximum atomic E-state index is 13.7. The summed E-state index contributed by atoms with van der Waals surface area (Å²) in [5.74, 6) is -2.31. The number of aryl methyl sites for hydroxylation is 1. The zero-order chi connectivity index (χ0) is 22.4. The SMILES string of the molecule is CCOC(=O)c1nn(-c2ccc(C)cc2)c(=O)cc1OCC(=O)Nc1ccccc1F. The molecule has 31 heavy (non-hydrogen) atoms. The standard InChI is InChI=1S/C22H20FN3O5/c1-3-30-22(29)21-18(31-13-19(27)24-17-7-5-4-6-16(17)23)12-20(28)26(25-21)15-10-8-14(2)9-11-15/h4-12H,3,13H2,1-2H3,(H,24,27). The lowest BCUT2D eigenvalue weighted by atomic mass is 10.2. The second kappa shape index (κ2) is 9.66. The van der Waals surface area contributed by atoms with E-state index in [1.54, 1.807) is 37.3 Å². The van der Waals surface area contributed by atoms with Crippen LogP contribution < -0.4 is 15.6 Å². The summed E-state index contributed by atoms with van der Waals surface area (Å²) < 4.78 is 25.1. The summed E-state index contributed by atoms with van der Waals surface area (Å²) in [6.07, 6.45) is 0. The van der Waals surface area contributed by atoms with Gasteiger partial charge in [-0.05, 0) is 38.1 Å². The maximum Gasteiger partial charge on any atom is 0.362 e. The topological polar surface area (TPSA) is 99.5 Å². The molecule has 3 aromatic rings. The van der Waals surface area contributed by atoms with Gasteiger partial charge >= 0.3 is 5.97 Å². The molecule has 1 heterocycles. The third kappa shape index (κ3) is 5.33. The smallest absolute Gasteiger partial charge is 0.362 e. The van der Waals surface area contributed by atoms with E-state index >= 15 is 0 Å². The number of benzene rings is 2. The molecule has 0 unspecified atom stereocenters. The van der Waals surface area contributed by atoms with E-state index in [-0.39, 0.29) is 23.7 Å². The molecule has 3 rings (SSSR count). The molecule has 0 aliphatic heterocycles. The number of nitrogens with zero attached hydrogens (tertiary/aromatic N) is 2. The summed E-state index contributed by atoms with van der Waals surface area (Å²) >= 11 is 0. The number of esters is 1. The van der Waals surface area contributed by atoms with Crippen LogP contribution in [0.3, 0.4) is 0 Å². The molecule has 2 aromatic carbocycles. The average molecular weight is 425 g/mol. The molecule has 9 heteroatoms. The Labute approximate surface area is 177 Å². The molecule has 8 nitrogen and oxygen atoms in total. The molecular formula is C22H20FN3O5. The first-order valence-electron chi connectivity index (χ1n) is 9.44. The highest BCUT2D eigenvalue weighted by Crippen LogP contribution is 2.17. The van der Waals surface area contributed by atoms with E-state index < -0.39 is 29.9 Å². The minimum absolute atomic E-state index is 0.0189. The van der Waals surface area contributed by atoms with E-state index in [0.717, 1.165) is 16.3 Å². The van der Waals surface area contributed by atoms with Crippen LogP contribution in [0.15, 0.2) is 59.4 Å². The Kier molecular flexibility index (Phi) is 6.76. The van der Waals surface area contributed by atoms with Crippen molar-refractivity contribution < 1.29 is 23.5 Å². The van der Waals surface area contributed by atoms with Crippen LogP contribution in [-0.4, -0.2) is 34.9 Å². The van der Waals surface area contributed by atoms with Gasteiger partial charge in [0.1, 0.15) is 5.82 Å². The van der Waals surface area contributed by atoms with Gasteiger partial charge in [0.25, 0.3) is 11.5 Å². The lowest BCUT2D eigenvalue weighted by molar-refractivity contribution is -0.118. The number of aromatic nitrogens is 2. The van der Waals surface area contributed by atoms with E-state index in [2.05, 4.69) is 10.4 Å².